The Morgan fingerprint density at radius 2 is 2.07 bits per heavy atom. The molecule has 0 bridgehead atoms. The summed E-state index contributed by atoms with van der Waals surface area (Å²) >= 11 is 5.81. The SMILES string of the molecule is O=C(COc1ccc(Cl)cc1)NCCn1nc(-c2ccco2)n(C2CC2)c1=O. The summed E-state index contributed by atoms with van der Waals surface area (Å²) in [6.45, 7) is 0.408. The van der Waals surface area contributed by atoms with Crippen LogP contribution >= 0.6 is 11.6 Å². The molecule has 1 aliphatic rings. The van der Waals surface area contributed by atoms with Gasteiger partial charge in [0.15, 0.2) is 12.4 Å². The van der Waals surface area contributed by atoms with Crippen LogP contribution in [0, 0.1) is 0 Å². The summed E-state index contributed by atoms with van der Waals surface area (Å²) in [5.41, 5.74) is -0.194. The fraction of sp³-hybridized carbons (Fsp3) is 0.316. The second-order valence-corrected chi connectivity index (χ2v) is 6.94. The zero-order chi connectivity index (χ0) is 19.5. The van der Waals surface area contributed by atoms with Crippen molar-refractivity contribution in [1.82, 2.24) is 19.7 Å². The Balaban J connectivity index is 1.33. The van der Waals surface area contributed by atoms with E-state index < -0.39 is 0 Å². The van der Waals surface area contributed by atoms with E-state index in [1.807, 2.05) is 0 Å². The van der Waals surface area contributed by atoms with E-state index in [4.69, 9.17) is 20.8 Å². The van der Waals surface area contributed by atoms with Crippen molar-refractivity contribution < 1.29 is 13.9 Å². The number of furan rings is 1. The molecular weight excluding hydrogens is 384 g/mol. The highest BCUT2D eigenvalue weighted by Gasteiger charge is 2.31. The molecule has 28 heavy (non-hydrogen) atoms. The van der Waals surface area contributed by atoms with E-state index in [2.05, 4.69) is 10.4 Å². The molecule has 0 atom stereocenters. The number of carbonyl (C=O) groups excluding carboxylic acids is 1. The number of hydrogen-bond acceptors (Lipinski definition) is 5. The highest BCUT2D eigenvalue weighted by molar-refractivity contribution is 6.30. The lowest BCUT2D eigenvalue weighted by molar-refractivity contribution is -0.123. The normalized spacial score (nSPS) is 13.5. The maximum atomic E-state index is 12.7. The van der Waals surface area contributed by atoms with Crippen LogP contribution in [0.25, 0.3) is 11.6 Å². The predicted molar refractivity (Wildman–Crippen MR) is 102 cm³/mol. The van der Waals surface area contributed by atoms with Gasteiger partial charge in [-0.3, -0.25) is 9.36 Å². The molecule has 9 heteroatoms. The summed E-state index contributed by atoms with van der Waals surface area (Å²) in [4.78, 5) is 24.6. The van der Waals surface area contributed by atoms with E-state index >= 15 is 0 Å². The van der Waals surface area contributed by atoms with E-state index in [1.54, 1.807) is 47.2 Å². The molecular formula is C19H19ClN4O4. The molecule has 146 valence electrons. The van der Waals surface area contributed by atoms with E-state index in [-0.39, 0.29) is 37.3 Å². The number of nitrogens with one attached hydrogen (secondary N) is 1. The monoisotopic (exact) mass is 402 g/mol. The smallest absolute Gasteiger partial charge is 0.346 e. The van der Waals surface area contributed by atoms with Crippen molar-refractivity contribution in [3.63, 3.8) is 0 Å². The molecule has 3 aromatic rings. The molecule has 1 amide bonds. The minimum absolute atomic E-state index is 0.120. The van der Waals surface area contributed by atoms with Gasteiger partial charge in [0.2, 0.25) is 5.82 Å². The molecule has 1 N–H and O–H groups in total. The topological polar surface area (TPSA) is 91.3 Å². The Morgan fingerprint density at radius 3 is 2.75 bits per heavy atom. The highest BCUT2D eigenvalue weighted by Crippen LogP contribution is 2.36. The van der Waals surface area contributed by atoms with Crippen molar-refractivity contribution in [2.45, 2.75) is 25.4 Å². The summed E-state index contributed by atoms with van der Waals surface area (Å²) in [6.07, 6.45) is 3.47. The van der Waals surface area contributed by atoms with Gasteiger partial charge < -0.3 is 14.5 Å². The molecule has 0 saturated heterocycles. The van der Waals surface area contributed by atoms with Crippen molar-refractivity contribution in [3.8, 4) is 17.3 Å². The number of rotatable bonds is 8. The maximum Gasteiger partial charge on any atom is 0.346 e. The zero-order valence-electron chi connectivity index (χ0n) is 15.0. The average molecular weight is 403 g/mol. The van der Waals surface area contributed by atoms with Gasteiger partial charge in [-0.15, -0.1) is 5.10 Å². The maximum absolute atomic E-state index is 12.7. The van der Waals surface area contributed by atoms with Crippen LogP contribution in [0.3, 0.4) is 0 Å². The van der Waals surface area contributed by atoms with Crippen LogP contribution in [-0.2, 0) is 11.3 Å². The number of ether oxygens (including phenoxy) is 1. The first-order valence-electron chi connectivity index (χ1n) is 9.00. The first-order valence-corrected chi connectivity index (χ1v) is 9.38. The van der Waals surface area contributed by atoms with Crippen LogP contribution in [-0.4, -0.2) is 33.4 Å². The van der Waals surface area contributed by atoms with Crippen LogP contribution in [0.4, 0.5) is 0 Å². The molecule has 2 aromatic heterocycles. The van der Waals surface area contributed by atoms with Crippen LogP contribution in [0.5, 0.6) is 5.75 Å². The third-order valence-electron chi connectivity index (χ3n) is 4.35. The minimum atomic E-state index is -0.282. The van der Waals surface area contributed by atoms with Gasteiger partial charge in [-0.25, -0.2) is 9.48 Å². The number of hydrogen-bond donors (Lipinski definition) is 1. The van der Waals surface area contributed by atoms with Crippen molar-refractivity contribution in [1.29, 1.82) is 0 Å². The van der Waals surface area contributed by atoms with E-state index in [0.29, 0.717) is 22.4 Å². The van der Waals surface area contributed by atoms with Crippen LogP contribution < -0.4 is 15.7 Å². The fourth-order valence-electron chi connectivity index (χ4n) is 2.83. The van der Waals surface area contributed by atoms with E-state index in [1.165, 1.54) is 4.68 Å². The predicted octanol–water partition coefficient (Wildman–Crippen LogP) is 2.49. The van der Waals surface area contributed by atoms with Crippen molar-refractivity contribution >= 4 is 17.5 Å². The summed E-state index contributed by atoms with van der Waals surface area (Å²) in [6, 6.07) is 10.5. The Labute approximate surface area is 165 Å². The quantitative estimate of drug-likeness (QED) is 0.625. The third kappa shape index (κ3) is 4.12. The van der Waals surface area contributed by atoms with Gasteiger partial charge in [-0.2, -0.15) is 0 Å². The Morgan fingerprint density at radius 1 is 1.29 bits per heavy atom. The molecule has 0 radical (unpaired) electrons. The second-order valence-electron chi connectivity index (χ2n) is 6.50. The molecule has 0 spiro atoms. The molecule has 1 saturated carbocycles. The lowest BCUT2D eigenvalue weighted by Crippen LogP contribution is -2.34. The molecule has 8 nitrogen and oxygen atoms in total. The lowest BCUT2D eigenvalue weighted by Gasteiger charge is -2.07. The molecule has 1 aliphatic carbocycles. The molecule has 0 unspecified atom stereocenters. The molecule has 4 rings (SSSR count). The van der Waals surface area contributed by atoms with Crippen molar-refractivity contribution in [2.24, 2.45) is 0 Å². The highest BCUT2D eigenvalue weighted by atomic mass is 35.5. The Kier molecular flexibility index (Phi) is 5.21. The number of benzene rings is 1. The Bertz CT molecular complexity index is 1000. The second kappa shape index (κ2) is 7.93. The van der Waals surface area contributed by atoms with Crippen molar-refractivity contribution in [3.05, 3.63) is 58.2 Å². The minimum Gasteiger partial charge on any atom is -0.484 e. The van der Waals surface area contributed by atoms with Crippen LogP contribution in [0.2, 0.25) is 5.02 Å². The van der Waals surface area contributed by atoms with Crippen LogP contribution in [0.15, 0.2) is 51.9 Å². The molecule has 1 aromatic carbocycles. The number of halogens is 1. The van der Waals surface area contributed by atoms with E-state index in [0.717, 1.165) is 12.8 Å². The van der Waals surface area contributed by atoms with Gasteiger partial charge >= 0.3 is 5.69 Å². The first-order chi connectivity index (χ1) is 13.6. The average Bonchev–Trinajstić information content (AvgIpc) is 3.26. The summed E-state index contributed by atoms with van der Waals surface area (Å²) in [7, 11) is 0. The lowest BCUT2D eigenvalue weighted by atomic mass is 10.3. The molecule has 1 fully saturated rings. The number of aromatic nitrogens is 3. The third-order valence-corrected chi connectivity index (χ3v) is 4.61. The van der Waals surface area contributed by atoms with Gasteiger partial charge in [-0.1, -0.05) is 11.6 Å². The fourth-order valence-corrected chi connectivity index (χ4v) is 2.96. The molecule has 2 heterocycles. The largest absolute Gasteiger partial charge is 0.484 e. The number of carbonyl (C=O) groups is 1. The zero-order valence-corrected chi connectivity index (χ0v) is 15.8. The van der Waals surface area contributed by atoms with Gasteiger partial charge in [-0.05, 0) is 49.2 Å². The standard InChI is InChI=1S/C19H19ClN4O4/c20-13-3-7-15(8-4-13)28-12-17(25)21-9-10-23-19(26)24(14-5-6-14)18(22-23)16-2-1-11-27-16/h1-4,7-8,11,14H,5-6,9-10,12H2,(H,21,25). The summed E-state index contributed by atoms with van der Waals surface area (Å²) in [5.74, 6) is 1.36. The summed E-state index contributed by atoms with van der Waals surface area (Å²) < 4.78 is 13.8. The van der Waals surface area contributed by atoms with Gasteiger partial charge in [0.25, 0.3) is 5.91 Å². The van der Waals surface area contributed by atoms with Crippen LogP contribution in [0.1, 0.15) is 18.9 Å². The number of amides is 1. The summed E-state index contributed by atoms with van der Waals surface area (Å²) in [5, 5.41) is 7.72. The van der Waals surface area contributed by atoms with Gasteiger partial charge in [0.05, 0.1) is 12.8 Å². The van der Waals surface area contributed by atoms with Crippen molar-refractivity contribution in [2.75, 3.05) is 13.2 Å². The molecule has 0 aliphatic heterocycles. The number of nitrogens with zero attached hydrogens (tertiary/aromatic N) is 3. The van der Waals surface area contributed by atoms with Gasteiger partial charge in [0.1, 0.15) is 5.75 Å². The first kappa shape index (κ1) is 18.4. The van der Waals surface area contributed by atoms with E-state index in [9.17, 15) is 9.59 Å². The van der Waals surface area contributed by atoms with Gasteiger partial charge in [0, 0.05) is 17.6 Å². The Hall–Kier alpha value is -3.00.